The lowest BCUT2D eigenvalue weighted by Crippen LogP contribution is -2.56. The van der Waals surface area contributed by atoms with Gasteiger partial charge in [-0.25, -0.2) is 0 Å². The highest BCUT2D eigenvalue weighted by atomic mass is 16.5. The maximum absolute atomic E-state index is 14.7. The second kappa shape index (κ2) is 12.3. The Balaban J connectivity index is 1.60. The second-order valence-electron chi connectivity index (χ2n) is 11.5. The van der Waals surface area contributed by atoms with Crippen LogP contribution in [0.2, 0.25) is 0 Å². The summed E-state index contributed by atoms with van der Waals surface area (Å²) >= 11 is 0. The van der Waals surface area contributed by atoms with Crippen molar-refractivity contribution in [3.63, 3.8) is 0 Å². The fraction of sp³-hybridized carbons (Fsp3) is 0.441. The van der Waals surface area contributed by atoms with Gasteiger partial charge in [-0.05, 0) is 62.1 Å². The third kappa shape index (κ3) is 4.94. The number of ether oxygens (including phenoxy) is 2. The topological polar surface area (TPSA) is 99.6 Å². The second-order valence-corrected chi connectivity index (χ2v) is 11.5. The molecule has 0 aromatic heterocycles. The molecule has 5 atom stereocenters. The largest absolute Gasteiger partial charge is 0.497 e. The molecule has 0 radical (unpaired) electrons. The van der Waals surface area contributed by atoms with E-state index in [1.165, 1.54) is 0 Å². The highest BCUT2D eigenvalue weighted by Gasteiger charge is 2.79. The number of aliphatic hydroxyl groups is 1. The van der Waals surface area contributed by atoms with Gasteiger partial charge in [-0.3, -0.25) is 14.4 Å². The van der Waals surface area contributed by atoms with Crippen LogP contribution in [0.4, 0.5) is 11.4 Å². The van der Waals surface area contributed by atoms with Crippen LogP contribution in [0.15, 0.2) is 79.9 Å². The molecule has 2 aromatic rings. The maximum atomic E-state index is 14.7. The summed E-state index contributed by atoms with van der Waals surface area (Å²) in [5.41, 5.74) is -0.715. The minimum absolute atomic E-state index is 0.138. The van der Waals surface area contributed by atoms with Crippen LogP contribution >= 0.6 is 0 Å². The molecule has 9 nitrogen and oxygen atoms in total. The van der Waals surface area contributed by atoms with Crippen LogP contribution in [0.1, 0.15) is 32.6 Å². The molecule has 3 fully saturated rings. The predicted octanol–water partition coefficient (Wildman–Crippen LogP) is 3.97. The lowest BCUT2D eigenvalue weighted by atomic mass is 9.64. The number of para-hydroxylation sites is 1. The maximum Gasteiger partial charge on any atom is 0.253 e. The first-order chi connectivity index (χ1) is 20.8. The molecule has 5 rings (SSSR count). The molecule has 1 spiro atoms. The molecule has 1 N–H and O–H groups in total. The summed E-state index contributed by atoms with van der Waals surface area (Å²) in [6.45, 7) is 10.2. The lowest BCUT2D eigenvalue weighted by molar-refractivity contribution is -0.146. The van der Waals surface area contributed by atoms with Gasteiger partial charge in [0.05, 0.1) is 24.5 Å². The van der Waals surface area contributed by atoms with Crippen molar-refractivity contribution < 1.29 is 29.0 Å². The molecule has 3 saturated heterocycles. The normalized spacial score (nSPS) is 27.1. The van der Waals surface area contributed by atoms with E-state index < -0.39 is 29.1 Å². The van der Waals surface area contributed by atoms with E-state index in [4.69, 9.17) is 9.47 Å². The molecule has 43 heavy (non-hydrogen) atoms. The zero-order valence-corrected chi connectivity index (χ0v) is 25.0. The Kier molecular flexibility index (Phi) is 8.76. The van der Waals surface area contributed by atoms with Gasteiger partial charge in [0, 0.05) is 37.6 Å². The monoisotopic (exact) mass is 587 g/mol. The summed E-state index contributed by atoms with van der Waals surface area (Å²) in [7, 11) is 1.58. The Morgan fingerprint density at radius 2 is 1.65 bits per heavy atom. The van der Waals surface area contributed by atoms with Gasteiger partial charge in [-0.1, -0.05) is 37.3 Å². The van der Waals surface area contributed by atoms with Crippen LogP contribution in [0.3, 0.4) is 0 Å². The van der Waals surface area contributed by atoms with Crippen LogP contribution in [-0.4, -0.2) is 78.3 Å². The number of methoxy groups -OCH3 is 1. The number of aliphatic hydroxyl groups excluding tert-OH is 1. The van der Waals surface area contributed by atoms with E-state index in [-0.39, 0.29) is 44.0 Å². The van der Waals surface area contributed by atoms with Gasteiger partial charge >= 0.3 is 0 Å². The highest BCUT2D eigenvalue weighted by Crippen LogP contribution is 2.64. The standard InChI is InChI=1S/C34H41N3O6/c1-5-20-35(24-12-9-8-10-13-24)30(39)27-28-31(40)37(22-11-23-38)29(34(28)19-18-33(27,7-3)43-34)32(41)36(21-6-2)25-14-16-26(42-4)17-15-25/h5-6,8-10,12-17,27-29,38H,1-2,7,11,18-23H2,3-4H3/t27-,28-,29?,33+,34?/m0/s1. The van der Waals surface area contributed by atoms with Crippen molar-refractivity contribution in [1.29, 1.82) is 0 Å². The quantitative estimate of drug-likeness (QED) is 0.356. The van der Waals surface area contributed by atoms with Crippen LogP contribution in [-0.2, 0) is 19.1 Å². The Morgan fingerprint density at radius 3 is 2.23 bits per heavy atom. The lowest BCUT2D eigenvalue weighted by Gasteiger charge is -2.37. The molecule has 9 heteroatoms. The SMILES string of the molecule is C=CCN(C(=O)C1N(CCCO)C(=O)[C@@H]2[C@@H](C(=O)N(CC=C)c3ccccc3)[C@@]3(CC)CCC12O3)c1ccc(OC)cc1. The average molecular weight is 588 g/mol. The summed E-state index contributed by atoms with van der Waals surface area (Å²) in [4.78, 5) is 48.5. The fourth-order valence-electron chi connectivity index (χ4n) is 7.44. The Bertz CT molecular complexity index is 1360. The molecule has 0 aliphatic carbocycles. The summed E-state index contributed by atoms with van der Waals surface area (Å²) in [6.07, 6.45) is 5.18. The molecule has 3 heterocycles. The van der Waals surface area contributed by atoms with E-state index in [2.05, 4.69) is 13.2 Å². The highest BCUT2D eigenvalue weighted by molar-refractivity contribution is 6.06. The Labute approximate surface area is 253 Å². The molecule has 228 valence electrons. The molecular weight excluding hydrogens is 546 g/mol. The molecule has 3 aliphatic rings. The van der Waals surface area contributed by atoms with Gasteiger partial charge in [0.2, 0.25) is 11.8 Å². The van der Waals surface area contributed by atoms with Crippen LogP contribution < -0.4 is 14.5 Å². The summed E-state index contributed by atoms with van der Waals surface area (Å²) in [5, 5.41) is 9.71. The van der Waals surface area contributed by atoms with Crippen molar-refractivity contribution in [1.82, 2.24) is 4.90 Å². The van der Waals surface area contributed by atoms with E-state index in [9.17, 15) is 19.5 Å². The van der Waals surface area contributed by atoms with Crippen molar-refractivity contribution in [2.24, 2.45) is 11.8 Å². The first-order valence-corrected chi connectivity index (χ1v) is 15.0. The summed E-state index contributed by atoms with van der Waals surface area (Å²) < 4.78 is 12.2. The first-order valence-electron chi connectivity index (χ1n) is 15.0. The van der Waals surface area contributed by atoms with E-state index in [1.807, 2.05) is 37.3 Å². The number of hydrogen-bond acceptors (Lipinski definition) is 6. The molecule has 3 aliphatic heterocycles. The van der Waals surface area contributed by atoms with E-state index in [1.54, 1.807) is 58.2 Å². The molecular formula is C34H41N3O6. The first kappa shape index (κ1) is 30.5. The van der Waals surface area contributed by atoms with Crippen LogP contribution in [0.25, 0.3) is 0 Å². The van der Waals surface area contributed by atoms with Gasteiger partial charge < -0.3 is 29.3 Å². The minimum Gasteiger partial charge on any atom is -0.497 e. The van der Waals surface area contributed by atoms with Gasteiger partial charge in [-0.2, -0.15) is 0 Å². The smallest absolute Gasteiger partial charge is 0.253 e. The molecule has 2 unspecified atom stereocenters. The van der Waals surface area contributed by atoms with E-state index >= 15 is 0 Å². The van der Waals surface area contributed by atoms with Crippen LogP contribution in [0.5, 0.6) is 5.75 Å². The number of nitrogens with zero attached hydrogens (tertiary/aromatic N) is 3. The van der Waals surface area contributed by atoms with Gasteiger partial charge in [0.25, 0.3) is 5.91 Å². The zero-order chi connectivity index (χ0) is 30.8. The number of carbonyl (C=O) groups is 3. The molecule has 2 aromatic carbocycles. The minimum atomic E-state index is -1.18. The summed E-state index contributed by atoms with van der Waals surface area (Å²) in [5.74, 6) is -1.74. The number of amides is 3. The van der Waals surface area contributed by atoms with Crippen LogP contribution in [0, 0.1) is 11.8 Å². The van der Waals surface area contributed by atoms with Gasteiger partial charge in [-0.15, -0.1) is 13.2 Å². The van der Waals surface area contributed by atoms with Crippen molar-refractivity contribution in [3.05, 3.63) is 79.9 Å². The number of benzene rings is 2. The van der Waals surface area contributed by atoms with Crippen molar-refractivity contribution >= 4 is 29.1 Å². The third-order valence-electron chi connectivity index (χ3n) is 9.35. The predicted molar refractivity (Wildman–Crippen MR) is 165 cm³/mol. The molecule has 0 saturated carbocycles. The average Bonchev–Trinajstić information content (AvgIpc) is 3.64. The Morgan fingerprint density at radius 1 is 1.02 bits per heavy atom. The summed E-state index contributed by atoms with van der Waals surface area (Å²) in [6, 6.07) is 15.5. The van der Waals surface area contributed by atoms with Gasteiger partial charge in [0.1, 0.15) is 17.4 Å². The number of anilines is 2. The zero-order valence-electron chi connectivity index (χ0n) is 25.0. The number of likely N-dealkylation sites (tertiary alicyclic amines) is 1. The van der Waals surface area contributed by atoms with E-state index in [0.717, 1.165) is 0 Å². The number of fused-ring (bicyclic) bond motifs is 1. The van der Waals surface area contributed by atoms with Crippen molar-refractivity contribution in [2.45, 2.75) is 49.9 Å². The number of rotatable bonds is 13. The number of carbonyl (C=O) groups excluding carboxylic acids is 3. The number of hydrogen-bond donors (Lipinski definition) is 1. The van der Waals surface area contributed by atoms with Crippen molar-refractivity contribution in [2.75, 3.05) is 43.2 Å². The van der Waals surface area contributed by atoms with Gasteiger partial charge in [0.15, 0.2) is 0 Å². The third-order valence-corrected chi connectivity index (χ3v) is 9.35. The van der Waals surface area contributed by atoms with E-state index in [0.29, 0.717) is 42.8 Å². The molecule has 2 bridgehead atoms. The Hall–Kier alpha value is -3.95. The van der Waals surface area contributed by atoms with Crippen molar-refractivity contribution in [3.8, 4) is 5.75 Å². The molecule has 3 amide bonds. The fourth-order valence-corrected chi connectivity index (χ4v) is 7.44.